The summed E-state index contributed by atoms with van der Waals surface area (Å²) in [5.41, 5.74) is 6.24. The lowest BCUT2D eigenvalue weighted by molar-refractivity contribution is 0.0696. The number of carboxylic acids is 1. The smallest absolute Gasteiger partial charge is 0.335 e. The summed E-state index contributed by atoms with van der Waals surface area (Å²) in [4.78, 5) is 11.0. The van der Waals surface area contributed by atoms with E-state index in [9.17, 15) is 13.2 Å². The van der Waals surface area contributed by atoms with Crippen molar-refractivity contribution in [1.29, 1.82) is 0 Å². The Hall–Kier alpha value is -1.44. The largest absolute Gasteiger partial charge is 0.478 e. The van der Waals surface area contributed by atoms with Crippen LogP contribution < -0.4 is 10.5 Å². The zero-order chi connectivity index (χ0) is 13.9. The fourth-order valence-corrected chi connectivity index (χ4v) is 2.92. The molecule has 1 aromatic rings. The normalized spacial score (nSPS) is 11.5. The second kappa shape index (κ2) is 5.47. The summed E-state index contributed by atoms with van der Waals surface area (Å²) < 4.78 is 26.2. The van der Waals surface area contributed by atoms with Crippen molar-refractivity contribution < 1.29 is 18.3 Å². The van der Waals surface area contributed by atoms with Gasteiger partial charge in [0.2, 0.25) is 10.0 Å². The number of hydrogen-bond acceptors (Lipinski definition) is 4. The highest BCUT2D eigenvalue weighted by atomic mass is 32.2. The van der Waals surface area contributed by atoms with Gasteiger partial charge < -0.3 is 10.8 Å². The molecule has 0 aliphatic carbocycles. The van der Waals surface area contributed by atoms with Crippen molar-refractivity contribution in [3.05, 3.63) is 28.8 Å². The molecule has 18 heavy (non-hydrogen) atoms. The van der Waals surface area contributed by atoms with Crippen LogP contribution in [-0.4, -0.2) is 32.6 Å². The van der Waals surface area contributed by atoms with Gasteiger partial charge in [0.05, 0.1) is 10.5 Å². The molecule has 0 spiro atoms. The molecule has 0 atom stereocenters. The quantitative estimate of drug-likeness (QED) is 0.711. The van der Waals surface area contributed by atoms with Crippen molar-refractivity contribution >= 4 is 16.0 Å². The summed E-state index contributed by atoms with van der Waals surface area (Å²) in [6, 6.07) is 2.71. The molecule has 4 N–H and O–H groups in total. The van der Waals surface area contributed by atoms with E-state index in [1.165, 1.54) is 6.07 Å². The summed E-state index contributed by atoms with van der Waals surface area (Å²) in [5.74, 6) is -1.15. The highest BCUT2D eigenvalue weighted by Gasteiger charge is 2.19. The van der Waals surface area contributed by atoms with Gasteiger partial charge in [0, 0.05) is 13.1 Å². The summed E-state index contributed by atoms with van der Waals surface area (Å²) in [6.45, 7) is 3.53. The van der Waals surface area contributed by atoms with E-state index in [4.69, 9.17) is 10.8 Å². The molecule has 0 aromatic heterocycles. The van der Waals surface area contributed by atoms with Crippen LogP contribution in [0.4, 0.5) is 0 Å². The number of sulfonamides is 1. The molecule has 0 heterocycles. The monoisotopic (exact) mass is 272 g/mol. The minimum Gasteiger partial charge on any atom is -0.478 e. The topological polar surface area (TPSA) is 109 Å². The Labute approximate surface area is 106 Å². The standard InChI is InChI=1S/C11H16N2O4S/c1-7-5-8(2)10(6-9(7)11(14)15)18(16,17)13-4-3-12/h5-6,13H,3-4,12H2,1-2H3,(H,14,15). The number of aromatic carboxylic acids is 1. The molecule has 0 radical (unpaired) electrons. The third kappa shape index (κ3) is 3.06. The first kappa shape index (κ1) is 14.6. The average molecular weight is 272 g/mol. The van der Waals surface area contributed by atoms with Gasteiger partial charge in [0.25, 0.3) is 0 Å². The third-order valence-corrected chi connectivity index (χ3v) is 4.08. The Morgan fingerprint density at radius 3 is 2.44 bits per heavy atom. The zero-order valence-corrected chi connectivity index (χ0v) is 11.0. The van der Waals surface area contributed by atoms with Crippen molar-refractivity contribution in [3.8, 4) is 0 Å². The number of rotatable bonds is 5. The van der Waals surface area contributed by atoms with E-state index in [0.717, 1.165) is 0 Å². The molecule has 1 rings (SSSR count). The van der Waals surface area contributed by atoms with Crippen LogP contribution in [0.15, 0.2) is 17.0 Å². The van der Waals surface area contributed by atoms with Crippen molar-refractivity contribution in [3.63, 3.8) is 0 Å². The first-order valence-corrected chi connectivity index (χ1v) is 6.82. The van der Waals surface area contributed by atoms with Crippen LogP contribution in [-0.2, 0) is 10.0 Å². The van der Waals surface area contributed by atoms with Crippen molar-refractivity contribution in [1.82, 2.24) is 4.72 Å². The lowest BCUT2D eigenvalue weighted by Gasteiger charge is -2.11. The van der Waals surface area contributed by atoms with Crippen molar-refractivity contribution in [2.24, 2.45) is 5.73 Å². The average Bonchev–Trinajstić information content (AvgIpc) is 2.25. The Morgan fingerprint density at radius 2 is 1.94 bits per heavy atom. The maximum atomic E-state index is 11.9. The molecule has 0 saturated carbocycles. The highest BCUT2D eigenvalue weighted by molar-refractivity contribution is 7.89. The maximum absolute atomic E-state index is 11.9. The number of nitrogens with two attached hydrogens (primary N) is 1. The van der Waals surface area contributed by atoms with E-state index in [0.29, 0.717) is 11.1 Å². The lowest BCUT2D eigenvalue weighted by Crippen LogP contribution is -2.29. The van der Waals surface area contributed by atoms with Gasteiger partial charge >= 0.3 is 5.97 Å². The van der Waals surface area contributed by atoms with Gasteiger partial charge in [-0.2, -0.15) is 0 Å². The van der Waals surface area contributed by atoms with Gasteiger partial charge in [-0.25, -0.2) is 17.9 Å². The van der Waals surface area contributed by atoms with E-state index in [1.807, 2.05) is 0 Å². The summed E-state index contributed by atoms with van der Waals surface area (Å²) in [6.07, 6.45) is 0. The highest BCUT2D eigenvalue weighted by Crippen LogP contribution is 2.20. The van der Waals surface area contributed by atoms with Crippen LogP contribution in [0.5, 0.6) is 0 Å². The second-order valence-electron chi connectivity index (χ2n) is 3.92. The Balaban J connectivity index is 3.33. The number of hydrogen-bond donors (Lipinski definition) is 3. The van der Waals surface area contributed by atoms with E-state index < -0.39 is 16.0 Å². The van der Waals surface area contributed by atoms with Crippen molar-refractivity contribution in [2.45, 2.75) is 18.7 Å². The van der Waals surface area contributed by atoms with Gasteiger partial charge in [0.1, 0.15) is 0 Å². The summed E-state index contributed by atoms with van der Waals surface area (Å²) >= 11 is 0. The molecule has 0 bridgehead atoms. The van der Waals surface area contributed by atoms with E-state index in [-0.39, 0.29) is 23.5 Å². The molecule has 7 heteroatoms. The molecule has 0 amide bonds. The number of aryl methyl sites for hydroxylation is 2. The van der Waals surface area contributed by atoms with E-state index in [2.05, 4.69) is 4.72 Å². The predicted molar refractivity (Wildman–Crippen MR) is 67.1 cm³/mol. The van der Waals surface area contributed by atoms with E-state index >= 15 is 0 Å². The molecule has 0 unspecified atom stereocenters. The minimum absolute atomic E-state index is 0.0197. The second-order valence-corrected chi connectivity index (χ2v) is 5.66. The fraction of sp³-hybridized carbons (Fsp3) is 0.364. The Bertz CT molecular complexity index is 567. The van der Waals surface area contributed by atoms with Crippen LogP contribution >= 0.6 is 0 Å². The molecule has 0 fully saturated rings. The number of nitrogens with one attached hydrogen (secondary N) is 1. The van der Waals surface area contributed by atoms with Gasteiger partial charge in [-0.1, -0.05) is 6.07 Å². The molecule has 1 aromatic carbocycles. The summed E-state index contributed by atoms with van der Waals surface area (Å²) in [5, 5.41) is 8.99. The first-order valence-electron chi connectivity index (χ1n) is 5.34. The molecule has 0 saturated heterocycles. The Kier molecular flexibility index (Phi) is 4.44. The maximum Gasteiger partial charge on any atom is 0.335 e. The van der Waals surface area contributed by atoms with E-state index in [1.54, 1.807) is 19.9 Å². The number of benzene rings is 1. The van der Waals surface area contributed by atoms with Crippen LogP contribution in [0.2, 0.25) is 0 Å². The lowest BCUT2D eigenvalue weighted by atomic mass is 10.1. The van der Waals surface area contributed by atoms with Crippen LogP contribution in [0.3, 0.4) is 0 Å². The number of carbonyl (C=O) groups is 1. The molecule has 100 valence electrons. The zero-order valence-electron chi connectivity index (χ0n) is 10.2. The summed E-state index contributed by atoms with van der Waals surface area (Å²) in [7, 11) is -3.72. The molecular formula is C11H16N2O4S. The third-order valence-electron chi connectivity index (χ3n) is 2.48. The fourth-order valence-electron chi connectivity index (χ4n) is 1.62. The minimum atomic E-state index is -3.72. The molecule has 6 nitrogen and oxygen atoms in total. The Morgan fingerprint density at radius 1 is 1.33 bits per heavy atom. The van der Waals surface area contributed by atoms with Crippen LogP contribution in [0.1, 0.15) is 21.5 Å². The number of carboxylic acid groups (broad SMARTS) is 1. The van der Waals surface area contributed by atoms with Crippen LogP contribution in [0.25, 0.3) is 0 Å². The van der Waals surface area contributed by atoms with Gasteiger partial charge in [-0.05, 0) is 31.0 Å². The van der Waals surface area contributed by atoms with Gasteiger partial charge in [-0.3, -0.25) is 0 Å². The molecular weight excluding hydrogens is 256 g/mol. The SMILES string of the molecule is Cc1cc(C)c(S(=O)(=O)NCCN)cc1C(=O)O. The van der Waals surface area contributed by atoms with Gasteiger partial charge in [0.15, 0.2) is 0 Å². The molecule has 0 aliphatic rings. The first-order chi connectivity index (χ1) is 8.29. The van der Waals surface area contributed by atoms with Gasteiger partial charge in [-0.15, -0.1) is 0 Å². The van der Waals surface area contributed by atoms with Crippen LogP contribution in [0, 0.1) is 13.8 Å². The predicted octanol–water partition coefficient (Wildman–Crippen LogP) is 0.239. The van der Waals surface area contributed by atoms with Crippen molar-refractivity contribution in [2.75, 3.05) is 13.1 Å². The molecule has 0 aliphatic heterocycles.